The average Bonchev–Trinajstić information content (AvgIpc) is 3.72. The van der Waals surface area contributed by atoms with Crippen LogP contribution in [0.5, 0.6) is 0 Å². The van der Waals surface area contributed by atoms with Gasteiger partial charge in [0.25, 0.3) is 11.8 Å². The third kappa shape index (κ3) is 7.60. The Balaban J connectivity index is 1.07. The molecule has 0 bridgehead atoms. The zero-order valence-electron chi connectivity index (χ0n) is 27.1. The number of hydrogen-bond donors (Lipinski definition) is 4. The zero-order valence-corrected chi connectivity index (χ0v) is 27.9. The summed E-state index contributed by atoms with van der Waals surface area (Å²) in [5.74, 6) is -0.591. The fourth-order valence-electron chi connectivity index (χ4n) is 6.27. The first-order valence-corrected chi connectivity index (χ1v) is 16.6. The lowest BCUT2D eigenvalue weighted by molar-refractivity contribution is -0.141. The van der Waals surface area contributed by atoms with Crippen molar-refractivity contribution in [3.05, 3.63) is 71.0 Å². The molecule has 2 aliphatic rings. The minimum absolute atomic E-state index is 0.00623. The largest absolute Gasteiger partial charge is 0.435 e. The van der Waals surface area contributed by atoms with E-state index in [4.69, 9.17) is 17.3 Å². The van der Waals surface area contributed by atoms with Crippen LogP contribution in [0, 0.1) is 11.8 Å². The highest BCUT2D eigenvalue weighted by Gasteiger charge is 2.39. The molecule has 5 heterocycles. The number of hydrogen-bond acceptors (Lipinski definition) is 8. The Bertz CT molecular complexity index is 1880. The van der Waals surface area contributed by atoms with Crippen molar-refractivity contribution in [3.8, 4) is 17.1 Å². The molecule has 13 nitrogen and oxygen atoms in total. The van der Waals surface area contributed by atoms with Crippen LogP contribution in [0.4, 0.5) is 24.5 Å². The Labute approximate surface area is 290 Å². The smallest absolute Gasteiger partial charge is 0.397 e. The van der Waals surface area contributed by atoms with E-state index in [1.807, 2.05) is 4.90 Å². The van der Waals surface area contributed by atoms with Crippen LogP contribution in [-0.2, 0) is 18.0 Å². The zero-order chi connectivity index (χ0) is 35.6. The van der Waals surface area contributed by atoms with Crippen molar-refractivity contribution in [1.29, 1.82) is 0 Å². The number of carbonyl (C=O) groups is 3. The van der Waals surface area contributed by atoms with Crippen molar-refractivity contribution in [3.63, 3.8) is 0 Å². The van der Waals surface area contributed by atoms with E-state index >= 15 is 0 Å². The normalized spacial score (nSPS) is 16.0. The van der Waals surface area contributed by atoms with Crippen LogP contribution in [0.15, 0.2) is 48.9 Å². The number of anilines is 2. The van der Waals surface area contributed by atoms with Crippen molar-refractivity contribution in [2.24, 2.45) is 18.9 Å². The molecule has 3 aromatic heterocycles. The summed E-state index contributed by atoms with van der Waals surface area (Å²) < 4.78 is 44.2. The molecular formula is C33H36ClF3N10O3. The summed E-state index contributed by atoms with van der Waals surface area (Å²) in [5, 5.41) is 12.6. The van der Waals surface area contributed by atoms with E-state index in [0.29, 0.717) is 25.3 Å². The SMILES string of the molecule is Cn1c(-c2cn(-c3ccc(N)cn3)nc2C(F)(F)F)cnc1C(=O)Nc1ccc(C(=O)NCC2CCN(C(=O)C3CCNCC3)CC2)c(Cl)c1. The number of imidazole rings is 1. The molecule has 0 unspecified atom stereocenters. The molecule has 0 atom stereocenters. The van der Waals surface area contributed by atoms with Crippen molar-refractivity contribution in [1.82, 2.24) is 39.8 Å². The Hall–Kier alpha value is -4.96. The Kier molecular flexibility index (Phi) is 10.1. The Morgan fingerprint density at radius 2 is 1.76 bits per heavy atom. The first kappa shape index (κ1) is 34.9. The van der Waals surface area contributed by atoms with E-state index in [2.05, 4.69) is 31.0 Å². The van der Waals surface area contributed by atoms with E-state index in [1.54, 1.807) is 0 Å². The van der Waals surface area contributed by atoms with Gasteiger partial charge in [0.1, 0.15) is 0 Å². The number of amides is 3. The monoisotopic (exact) mass is 712 g/mol. The summed E-state index contributed by atoms with van der Waals surface area (Å²) in [6, 6.07) is 7.31. The van der Waals surface area contributed by atoms with Gasteiger partial charge in [0.2, 0.25) is 5.91 Å². The van der Waals surface area contributed by atoms with Crippen LogP contribution in [0.25, 0.3) is 17.1 Å². The number of halogens is 4. The maximum absolute atomic E-state index is 14.0. The van der Waals surface area contributed by atoms with Crippen LogP contribution in [0.1, 0.15) is 52.4 Å². The Morgan fingerprint density at radius 3 is 2.42 bits per heavy atom. The fraction of sp³-hybridized carbons (Fsp3) is 0.394. The Morgan fingerprint density at radius 1 is 1.02 bits per heavy atom. The number of nitrogens with zero attached hydrogens (tertiary/aromatic N) is 6. The lowest BCUT2D eigenvalue weighted by Crippen LogP contribution is -2.46. The van der Waals surface area contributed by atoms with Crippen LogP contribution in [-0.4, -0.2) is 79.7 Å². The summed E-state index contributed by atoms with van der Waals surface area (Å²) in [6.45, 7) is 3.52. The molecule has 0 saturated carbocycles. The minimum atomic E-state index is -4.81. The van der Waals surface area contributed by atoms with Gasteiger partial charge in [0.05, 0.1) is 39.9 Å². The van der Waals surface area contributed by atoms with Gasteiger partial charge in [0, 0.05) is 44.5 Å². The highest BCUT2D eigenvalue weighted by molar-refractivity contribution is 6.34. The third-order valence-electron chi connectivity index (χ3n) is 9.09. The molecular weight excluding hydrogens is 677 g/mol. The topological polar surface area (TPSA) is 165 Å². The van der Waals surface area contributed by atoms with E-state index in [0.717, 1.165) is 55.8 Å². The standard InChI is InChI=1S/C33H36ClF3N10O3/c1-45-26(24-18-47(44-28(24)33(35,36)37)27-5-2-21(38)16-40-27)17-41-29(45)31(49)43-22-3-4-23(25(34)14-22)30(48)42-15-19-8-12-46(13-9-19)32(50)20-6-10-39-11-7-20/h2-5,14,16-20,39H,6-13,15,38H2,1H3,(H,42,48)(H,43,49). The third-order valence-corrected chi connectivity index (χ3v) is 9.41. The van der Waals surface area contributed by atoms with Crippen LogP contribution in [0.2, 0.25) is 5.02 Å². The molecule has 0 aliphatic carbocycles. The molecule has 50 heavy (non-hydrogen) atoms. The van der Waals surface area contributed by atoms with E-state index in [1.165, 1.54) is 48.1 Å². The maximum Gasteiger partial charge on any atom is 0.435 e. The molecule has 4 aromatic rings. The van der Waals surface area contributed by atoms with Gasteiger partial charge in [-0.25, -0.2) is 14.6 Å². The number of nitrogens with two attached hydrogens (primary N) is 1. The molecule has 17 heteroatoms. The van der Waals surface area contributed by atoms with Gasteiger partial charge in [0.15, 0.2) is 17.3 Å². The number of likely N-dealkylation sites (tertiary alicyclic amines) is 1. The quantitative estimate of drug-likeness (QED) is 0.212. The first-order valence-electron chi connectivity index (χ1n) is 16.2. The molecule has 2 saturated heterocycles. The van der Waals surface area contributed by atoms with Gasteiger partial charge in [-0.15, -0.1) is 0 Å². The molecule has 5 N–H and O–H groups in total. The molecule has 0 spiro atoms. The highest BCUT2D eigenvalue weighted by Crippen LogP contribution is 2.37. The predicted molar refractivity (Wildman–Crippen MR) is 180 cm³/mol. The average molecular weight is 713 g/mol. The molecule has 2 aliphatic heterocycles. The van der Waals surface area contributed by atoms with Gasteiger partial charge in [-0.1, -0.05) is 11.6 Å². The number of piperidine rings is 2. The minimum Gasteiger partial charge on any atom is -0.397 e. The number of carbonyl (C=O) groups excluding carboxylic acids is 3. The number of nitrogens with one attached hydrogen (secondary N) is 3. The number of pyridine rings is 1. The second kappa shape index (κ2) is 14.5. The molecule has 1 aromatic carbocycles. The lowest BCUT2D eigenvalue weighted by Gasteiger charge is -2.35. The molecule has 6 rings (SSSR count). The van der Waals surface area contributed by atoms with E-state index in [-0.39, 0.29) is 62.8 Å². The molecule has 264 valence electrons. The summed E-state index contributed by atoms with van der Waals surface area (Å²) in [7, 11) is 1.41. The van der Waals surface area contributed by atoms with Crippen LogP contribution >= 0.6 is 11.6 Å². The summed E-state index contributed by atoms with van der Waals surface area (Å²) in [5.41, 5.74) is 4.96. The number of rotatable bonds is 8. The summed E-state index contributed by atoms with van der Waals surface area (Å²) in [6.07, 6.45) is 2.12. The molecule has 3 amide bonds. The number of aromatic nitrogens is 5. The van der Waals surface area contributed by atoms with Gasteiger partial charge >= 0.3 is 6.18 Å². The summed E-state index contributed by atoms with van der Waals surface area (Å²) >= 11 is 6.43. The maximum atomic E-state index is 14.0. The van der Waals surface area contributed by atoms with Crippen molar-refractivity contribution >= 4 is 40.7 Å². The van der Waals surface area contributed by atoms with Gasteiger partial charge < -0.3 is 31.2 Å². The second-order valence-electron chi connectivity index (χ2n) is 12.5. The van der Waals surface area contributed by atoms with Gasteiger partial charge in [-0.3, -0.25) is 14.4 Å². The van der Waals surface area contributed by atoms with Crippen molar-refractivity contribution < 1.29 is 27.6 Å². The van der Waals surface area contributed by atoms with E-state index < -0.39 is 17.8 Å². The van der Waals surface area contributed by atoms with Crippen LogP contribution < -0.4 is 21.7 Å². The van der Waals surface area contributed by atoms with Crippen LogP contribution in [0.3, 0.4) is 0 Å². The fourth-order valence-corrected chi connectivity index (χ4v) is 6.54. The highest BCUT2D eigenvalue weighted by atomic mass is 35.5. The number of benzene rings is 1. The van der Waals surface area contributed by atoms with E-state index in [9.17, 15) is 27.6 Å². The number of alkyl halides is 3. The van der Waals surface area contributed by atoms with Gasteiger partial charge in [-0.2, -0.15) is 18.3 Å². The number of nitrogen functional groups attached to an aromatic ring is 1. The predicted octanol–water partition coefficient (Wildman–Crippen LogP) is 4.14. The van der Waals surface area contributed by atoms with Gasteiger partial charge in [-0.05, 0) is 75.0 Å². The molecule has 2 fully saturated rings. The second-order valence-corrected chi connectivity index (χ2v) is 12.9. The van der Waals surface area contributed by atoms with Crippen molar-refractivity contribution in [2.45, 2.75) is 31.9 Å². The summed E-state index contributed by atoms with van der Waals surface area (Å²) in [4.78, 5) is 49.0. The molecule has 0 radical (unpaired) electrons. The van der Waals surface area contributed by atoms with Crippen molar-refractivity contribution in [2.75, 3.05) is 43.8 Å². The first-order chi connectivity index (χ1) is 23.9. The lowest BCUT2D eigenvalue weighted by atomic mass is 9.92.